The number of benzene rings is 1. The molecule has 0 aliphatic carbocycles. The molecule has 0 radical (unpaired) electrons. The Hall–Kier alpha value is -2.57. The summed E-state index contributed by atoms with van der Waals surface area (Å²) in [4.78, 5) is 36.8. The van der Waals surface area contributed by atoms with E-state index in [0.717, 1.165) is 5.56 Å². The zero-order chi connectivity index (χ0) is 17.9. The van der Waals surface area contributed by atoms with Crippen molar-refractivity contribution in [2.45, 2.75) is 27.2 Å². The maximum atomic E-state index is 12.0. The highest BCUT2D eigenvalue weighted by atomic mass is 16.2. The second-order valence-corrected chi connectivity index (χ2v) is 5.20. The van der Waals surface area contributed by atoms with Crippen molar-refractivity contribution in [3.05, 3.63) is 29.8 Å². The molecular weight excluding hydrogens is 308 g/mol. The summed E-state index contributed by atoms with van der Waals surface area (Å²) in [5.74, 6) is -0.154. The highest BCUT2D eigenvalue weighted by Gasteiger charge is 2.10. The molecule has 0 aromatic heterocycles. The van der Waals surface area contributed by atoms with Gasteiger partial charge in [-0.15, -0.1) is 0 Å². The second-order valence-electron chi connectivity index (χ2n) is 5.20. The predicted molar refractivity (Wildman–Crippen MR) is 93.8 cm³/mol. The van der Waals surface area contributed by atoms with Gasteiger partial charge in [0.15, 0.2) is 0 Å². The molecule has 1 aromatic rings. The fourth-order valence-electron chi connectivity index (χ4n) is 2.16. The van der Waals surface area contributed by atoms with Crippen molar-refractivity contribution in [2.24, 2.45) is 0 Å². The number of carbonyl (C=O) groups excluding carboxylic acids is 3. The van der Waals surface area contributed by atoms with Crippen molar-refractivity contribution in [2.75, 3.05) is 31.5 Å². The van der Waals surface area contributed by atoms with Crippen molar-refractivity contribution >= 4 is 23.5 Å². The lowest BCUT2D eigenvalue weighted by Crippen LogP contribution is -2.38. The summed E-state index contributed by atoms with van der Waals surface area (Å²) in [5.41, 5.74) is 1.49. The Morgan fingerprint density at radius 3 is 2.12 bits per heavy atom. The molecule has 0 fully saturated rings. The van der Waals surface area contributed by atoms with Gasteiger partial charge in [-0.1, -0.05) is 12.1 Å². The van der Waals surface area contributed by atoms with Crippen molar-refractivity contribution < 1.29 is 14.4 Å². The van der Waals surface area contributed by atoms with E-state index in [4.69, 9.17) is 0 Å². The van der Waals surface area contributed by atoms with Gasteiger partial charge in [0, 0.05) is 25.3 Å². The summed E-state index contributed by atoms with van der Waals surface area (Å²) in [6.45, 7) is 7.56. The minimum Gasteiger partial charge on any atom is -0.355 e. The minimum atomic E-state index is -0.451. The van der Waals surface area contributed by atoms with Gasteiger partial charge in [-0.05, 0) is 38.5 Å². The van der Waals surface area contributed by atoms with Crippen LogP contribution in [0.25, 0.3) is 0 Å². The van der Waals surface area contributed by atoms with E-state index in [1.165, 1.54) is 0 Å². The van der Waals surface area contributed by atoms with Crippen LogP contribution in [0.1, 0.15) is 26.3 Å². The molecule has 4 amide bonds. The van der Waals surface area contributed by atoms with Gasteiger partial charge < -0.3 is 20.9 Å². The van der Waals surface area contributed by atoms with Crippen LogP contribution in [-0.4, -0.2) is 48.9 Å². The van der Waals surface area contributed by atoms with Crippen molar-refractivity contribution in [3.63, 3.8) is 0 Å². The third kappa shape index (κ3) is 6.68. The lowest BCUT2D eigenvalue weighted by atomic mass is 10.1. The Bertz CT molecular complexity index is 553. The smallest absolute Gasteiger partial charge is 0.319 e. The van der Waals surface area contributed by atoms with Gasteiger partial charge in [-0.25, -0.2) is 4.79 Å². The first-order chi connectivity index (χ1) is 11.5. The van der Waals surface area contributed by atoms with Crippen LogP contribution in [0.5, 0.6) is 0 Å². The van der Waals surface area contributed by atoms with E-state index in [9.17, 15) is 14.4 Å². The molecule has 0 bridgehead atoms. The molecule has 0 unspecified atom stereocenters. The molecule has 7 heteroatoms. The summed E-state index contributed by atoms with van der Waals surface area (Å²) in [7, 11) is 0. The van der Waals surface area contributed by atoms with Crippen LogP contribution >= 0.6 is 0 Å². The number of likely N-dealkylation sites (N-methyl/N-ethyl adjacent to an activating group) is 2. The molecule has 0 aliphatic rings. The maximum Gasteiger partial charge on any atom is 0.319 e. The van der Waals surface area contributed by atoms with Gasteiger partial charge in [0.05, 0.1) is 13.0 Å². The number of urea groups is 1. The fraction of sp³-hybridized carbons (Fsp3) is 0.471. The maximum absolute atomic E-state index is 12.0. The Balaban J connectivity index is 2.48. The highest BCUT2D eigenvalue weighted by molar-refractivity contribution is 5.92. The Kier molecular flexibility index (Phi) is 8.32. The lowest BCUT2D eigenvalue weighted by molar-refractivity contribution is -0.130. The summed E-state index contributed by atoms with van der Waals surface area (Å²) < 4.78 is 0. The first-order valence-electron chi connectivity index (χ1n) is 8.18. The molecule has 132 valence electrons. The summed E-state index contributed by atoms with van der Waals surface area (Å²) in [6, 6.07) is 6.63. The van der Waals surface area contributed by atoms with Crippen LogP contribution in [0.4, 0.5) is 10.5 Å². The standard InChI is InChI=1S/C17H26N4O3/c1-4-18-15(22)12-19-17(24)20-14-9-7-13(8-10-14)11-16(23)21(5-2)6-3/h7-10H,4-6,11-12H2,1-3H3,(H,18,22)(H2,19,20,24). The minimum absolute atomic E-state index is 0.0733. The topological polar surface area (TPSA) is 90.5 Å². The monoisotopic (exact) mass is 334 g/mol. The number of amides is 4. The van der Waals surface area contributed by atoms with Crippen LogP contribution in [-0.2, 0) is 16.0 Å². The van der Waals surface area contributed by atoms with Gasteiger partial charge in [0.2, 0.25) is 11.8 Å². The SMILES string of the molecule is CCNC(=O)CNC(=O)Nc1ccc(CC(=O)N(CC)CC)cc1. The normalized spacial score (nSPS) is 9.96. The molecule has 1 rings (SSSR count). The predicted octanol–water partition coefficient (Wildman–Crippen LogP) is 1.36. The molecule has 3 N–H and O–H groups in total. The first kappa shape index (κ1) is 19.5. The lowest BCUT2D eigenvalue weighted by Gasteiger charge is -2.18. The van der Waals surface area contributed by atoms with E-state index >= 15 is 0 Å². The number of carbonyl (C=O) groups is 3. The van der Waals surface area contributed by atoms with Crippen molar-refractivity contribution in [1.82, 2.24) is 15.5 Å². The number of hydrogen-bond acceptors (Lipinski definition) is 3. The zero-order valence-electron chi connectivity index (χ0n) is 14.5. The molecule has 0 saturated heterocycles. The third-order valence-electron chi connectivity index (χ3n) is 3.47. The largest absolute Gasteiger partial charge is 0.355 e. The third-order valence-corrected chi connectivity index (χ3v) is 3.47. The first-order valence-corrected chi connectivity index (χ1v) is 8.18. The summed E-state index contributed by atoms with van der Waals surface area (Å²) >= 11 is 0. The number of anilines is 1. The van der Waals surface area contributed by atoms with Crippen molar-refractivity contribution in [1.29, 1.82) is 0 Å². The van der Waals surface area contributed by atoms with Crippen LogP contribution in [0.3, 0.4) is 0 Å². The molecule has 0 atom stereocenters. The van der Waals surface area contributed by atoms with Gasteiger partial charge in [0.1, 0.15) is 0 Å². The van der Waals surface area contributed by atoms with Crippen molar-refractivity contribution in [3.8, 4) is 0 Å². The summed E-state index contributed by atoms with van der Waals surface area (Å²) in [5, 5.41) is 7.70. The van der Waals surface area contributed by atoms with Crippen LogP contribution in [0.2, 0.25) is 0 Å². The average Bonchev–Trinajstić information content (AvgIpc) is 2.56. The Morgan fingerprint density at radius 1 is 0.958 bits per heavy atom. The Labute approximate surface area is 142 Å². The van der Waals surface area contributed by atoms with Crippen LogP contribution in [0.15, 0.2) is 24.3 Å². The fourth-order valence-corrected chi connectivity index (χ4v) is 2.16. The zero-order valence-corrected chi connectivity index (χ0v) is 14.5. The molecule has 0 spiro atoms. The molecule has 0 heterocycles. The summed E-state index contributed by atoms with van der Waals surface area (Å²) in [6.07, 6.45) is 0.339. The molecule has 1 aromatic carbocycles. The van der Waals surface area contributed by atoms with E-state index in [1.54, 1.807) is 29.2 Å². The van der Waals surface area contributed by atoms with E-state index in [1.807, 2.05) is 20.8 Å². The molecule has 24 heavy (non-hydrogen) atoms. The van der Waals surface area contributed by atoms with Gasteiger partial charge >= 0.3 is 6.03 Å². The van der Waals surface area contributed by atoms with Crippen LogP contribution in [0, 0.1) is 0 Å². The number of nitrogens with one attached hydrogen (secondary N) is 3. The van der Waals surface area contributed by atoms with Gasteiger partial charge in [-0.3, -0.25) is 9.59 Å². The number of hydrogen-bond donors (Lipinski definition) is 3. The Morgan fingerprint density at radius 2 is 1.58 bits per heavy atom. The van der Waals surface area contributed by atoms with E-state index < -0.39 is 6.03 Å². The quantitative estimate of drug-likeness (QED) is 0.670. The second kappa shape index (κ2) is 10.3. The van der Waals surface area contributed by atoms with E-state index in [0.29, 0.717) is 31.7 Å². The number of nitrogens with zero attached hydrogens (tertiary/aromatic N) is 1. The van der Waals surface area contributed by atoms with Gasteiger partial charge in [0.25, 0.3) is 0 Å². The highest BCUT2D eigenvalue weighted by Crippen LogP contribution is 2.11. The molecule has 7 nitrogen and oxygen atoms in total. The molecular formula is C17H26N4O3. The van der Waals surface area contributed by atoms with Crippen LogP contribution < -0.4 is 16.0 Å². The number of rotatable bonds is 8. The van der Waals surface area contributed by atoms with E-state index in [-0.39, 0.29) is 18.4 Å². The van der Waals surface area contributed by atoms with E-state index in [2.05, 4.69) is 16.0 Å². The average molecular weight is 334 g/mol. The molecule has 0 saturated carbocycles. The van der Waals surface area contributed by atoms with Gasteiger partial charge in [-0.2, -0.15) is 0 Å². The molecule has 0 aliphatic heterocycles.